The Morgan fingerprint density at radius 1 is 1.29 bits per heavy atom. The molecule has 0 bridgehead atoms. The van der Waals surface area contributed by atoms with Crippen molar-refractivity contribution in [1.82, 2.24) is 4.41 Å². The number of sulfonamides is 1. The first kappa shape index (κ1) is 18.7. The Morgan fingerprint density at radius 3 is 2.29 bits per heavy atom. The van der Waals surface area contributed by atoms with Gasteiger partial charge in [-0.25, -0.2) is 0 Å². The molecule has 1 aliphatic rings. The predicted octanol–water partition coefficient (Wildman–Crippen LogP) is 3.04. The average molecular weight is 364 g/mol. The average Bonchev–Trinajstić information content (AvgIpc) is 2.77. The first-order valence-electron chi connectivity index (χ1n) is 7.35. The molecule has 9 heteroatoms. The number of hydrogen-bond acceptors (Lipinski definition) is 4. The standard InChI is InChI=1S/C15H19F3N2O3S/c1-10(2)8-12-9-14(21,15(16,17)18)20(19-12)24(22,23)13-6-4-11(3)5-7-13/h4-7,10,21H,8-9H2,1-3H3/t14-/m1/s1. The fraction of sp³-hybridized carbons (Fsp3) is 0.533. The quantitative estimate of drug-likeness (QED) is 0.893. The maximum Gasteiger partial charge on any atom is 0.439 e. The normalized spacial score (nSPS) is 22.2. The molecule has 1 aliphatic heterocycles. The number of hydrogen-bond donors (Lipinski definition) is 1. The summed E-state index contributed by atoms with van der Waals surface area (Å²) in [5.41, 5.74) is -2.81. The van der Waals surface area contributed by atoms with E-state index in [1.165, 1.54) is 24.3 Å². The third-order valence-corrected chi connectivity index (χ3v) is 5.35. The number of aliphatic hydroxyl groups is 1. The van der Waals surface area contributed by atoms with E-state index in [4.69, 9.17) is 0 Å². The largest absolute Gasteiger partial charge is 0.439 e. The SMILES string of the molecule is Cc1ccc(S(=O)(=O)N2N=C(CC(C)C)C[C@@]2(O)C(F)(F)F)cc1. The zero-order valence-electron chi connectivity index (χ0n) is 13.5. The lowest BCUT2D eigenvalue weighted by atomic mass is 10.00. The van der Waals surface area contributed by atoms with Crippen molar-refractivity contribution < 1.29 is 26.7 Å². The third kappa shape index (κ3) is 3.27. The number of alkyl halides is 3. The highest BCUT2D eigenvalue weighted by atomic mass is 32.2. The number of aryl methyl sites for hydroxylation is 1. The molecule has 0 saturated carbocycles. The van der Waals surface area contributed by atoms with Gasteiger partial charge >= 0.3 is 6.18 Å². The summed E-state index contributed by atoms with van der Waals surface area (Å²) in [6.45, 7) is 5.26. The topological polar surface area (TPSA) is 70.0 Å². The third-order valence-electron chi connectivity index (χ3n) is 3.64. The fourth-order valence-corrected chi connectivity index (χ4v) is 3.92. The molecule has 1 aromatic rings. The maximum atomic E-state index is 13.4. The van der Waals surface area contributed by atoms with E-state index >= 15 is 0 Å². The van der Waals surface area contributed by atoms with Crippen molar-refractivity contribution in [3.05, 3.63) is 29.8 Å². The lowest BCUT2D eigenvalue weighted by molar-refractivity contribution is -0.291. The molecule has 5 nitrogen and oxygen atoms in total. The molecule has 0 unspecified atom stereocenters. The fourth-order valence-electron chi connectivity index (χ4n) is 2.45. The molecular weight excluding hydrogens is 345 g/mol. The summed E-state index contributed by atoms with van der Waals surface area (Å²) < 4.78 is 65.2. The van der Waals surface area contributed by atoms with Crippen LogP contribution in [0.5, 0.6) is 0 Å². The van der Waals surface area contributed by atoms with Crippen molar-refractivity contribution in [2.24, 2.45) is 11.0 Å². The smallest absolute Gasteiger partial charge is 0.361 e. The highest BCUT2D eigenvalue weighted by Crippen LogP contribution is 2.43. The van der Waals surface area contributed by atoms with E-state index in [1.807, 2.05) is 0 Å². The Morgan fingerprint density at radius 2 is 1.83 bits per heavy atom. The van der Waals surface area contributed by atoms with Crippen LogP contribution >= 0.6 is 0 Å². The Balaban J connectivity index is 2.53. The predicted molar refractivity (Wildman–Crippen MR) is 82.7 cm³/mol. The van der Waals surface area contributed by atoms with Crippen LogP contribution < -0.4 is 0 Å². The van der Waals surface area contributed by atoms with Gasteiger partial charge in [0.25, 0.3) is 15.7 Å². The van der Waals surface area contributed by atoms with Gasteiger partial charge in [-0.1, -0.05) is 31.5 Å². The van der Waals surface area contributed by atoms with E-state index in [2.05, 4.69) is 5.10 Å². The second kappa shape index (κ2) is 6.03. The van der Waals surface area contributed by atoms with Gasteiger partial charge in [0.15, 0.2) is 0 Å². The summed E-state index contributed by atoms with van der Waals surface area (Å²) in [6.07, 6.45) is -5.90. The summed E-state index contributed by atoms with van der Waals surface area (Å²) in [5.74, 6) is -0.0248. The number of nitrogens with zero attached hydrogens (tertiary/aromatic N) is 2. The molecule has 0 spiro atoms. The van der Waals surface area contributed by atoms with E-state index in [0.29, 0.717) is 0 Å². The molecule has 0 fully saturated rings. The van der Waals surface area contributed by atoms with Crippen LogP contribution in [0.1, 0.15) is 32.3 Å². The van der Waals surface area contributed by atoms with Crippen LogP contribution in [-0.2, 0) is 10.0 Å². The van der Waals surface area contributed by atoms with Gasteiger partial charge in [0, 0.05) is 12.1 Å². The van der Waals surface area contributed by atoms with Gasteiger partial charge in [0.05, 0.1) is 4.90 Å². The van der Waals surface area contributed by atoms with E-state index in [-0.39, 0.29) is 27.4 Å². The molecule has 0 aromatic heterocycles. The second-order valence-electron chi connectivity index (χ2n) is 6.32. The summed E-state index contributed by atoms with van der Waals surface area (Å²) in [7, 11) is -4.64. The van der Waals surface area contributed by atoms with Gasteiger partial charge < -0.3 is 5.11 Å². The number of rotatable bonds is 4. The summed E-state index contributed by atoms with van der Waals surface area (Å²) in [4.78, 5) is -0.356. The molecule has 1 N–H and O–H groups in total. The number of halogens is 3. The van der Waals surface area contributed by atoms with E-state index in [9.17, 15) is 26.7 Å². The van der Waals surface area contributed by atoms with Crippen molar-refractivity contribution in [3.63, 3.8) is 0 Å². The lowest BCUT2D eigenvalue weighted by Gasteiger charge is -2.33. The van der Waals surface area contributed by atoms with Crippen molar-refractivity contribution >= 4 is 15.7 Å². The Bertz CT molecular complexity index is 742. The molecule has 2 rings (SSSR count). The molecule has 134 valence electrons. The molecule has 0 aliphatic carbocycles. The van der Waals surface area contributed by atoms with Crippen LogP contribution in [0.2, 0.25) is 0 Å². The minimum absolute atomic E-state index is 0.000474. The van der Waals surface area contributed by atoms with Crippen LogP contribution in [0.25, 0.3) is 0 Å². The molecule has 0 radical (unpaired) electrons. The van der Waals surface area contributed by atoms with Crippen molar-refractivity contribution in [2.45, 2.75) is 50.4 Å². The maximum absolute atomic E-state index is 13.4. The number of benzene rings is 1. The Kier molecular flexibility index (Phi) is 4.71. The van der Waals surface area contributed by atoms with Crippen molar-refractivity contribution in [1.29, 1.82) is 0 Å². The molecule has 0 saturated heterocycles. The van der Waals surface area contributed by atoms with Crippen LogP contribution in [-0.4, -0.2) is 35.6 Å². The van der Waals surface area contributed by atoms with Crippen LogP contribution in [0, 0.1) is 12.8 Å². The lowest BCUT2D eigenvalue weighted by Crippen LogP contribution is -2.56. The van der Waals surface area contributed by atoms with Crippen LogP contribution in [0.15, 0.2) is 34.3 Å². The zero-order valence-corrected chi connectivity index (χ0v) is 14.3. The second-order valence-corrected chi connectivity index (χ2v) is 8.08. The van der Waals surface area contributed by atoms with E-state index in [1.54, 1.807) is 20.8 Å². The monoisotopic (exact) mass is 364 g/mol. The Hall–Kier alpha value is -1.61. The summed E-state index contributed by atoms with van der Waals surface area (Å²) in [6, 6.07) is 5.32. The first-order valence-corrected chi connectivity index (χ1v) is 8.79. The van der Waals surface area contributed by atoms with Gasteiger partial charge in [-0.15, -0.1) is 4.41 Å². The minimum Gasteiger partial charge on any atom is -0.361 e. The molecule has 1 atom stereocenters. The molecular formula is C15H19F3N2O3S. The van der Waals surface area contributed by atoms with Crippen LogP contribution in [0.3, 0.4) is 0 Å². The van der Waals surface area contributed by atoms with Gasteiger partial charge in [-0.2, -0.15) is 26.7 Å². The zero-order chi connectivity index (χ0) is 18.3. The van der Waals surface area contributed by atoms with Gasteiger partial charge in [-0.3, -0.25) is 0 Å². The van der Waals surface area contributed by atoms with Gasteiger partial charge in [0.2, 0.25) is 0 Å². The van der Waals surface area contributed by atoms with Crippen molar-refractivity contribution in [2.75, 3.05) is 0 Å². The molecule has 1 heterocycles. The number of hydrazone groups is 1. The Labute approximate surface area is 138 Å². The summed E-state index contributed by atoms with van der Waals surface area (Å²) in [5, 5.41) is 13.7. The van der Waals surface area contributed by atoms with E-state index < -0.39 is 28.3 Å². The molecule has 0 amide bonds. The summed E-state index contributed by atoms with van der Waals surface area (Å²) >= 11 is 0. The highest BCUT2D eigenvalue weighted by Gasteiger charge is 2.64. The first-order chi connectivity index (χ1) is 10.9. The minimum atomic E-state index is -5.17. The van der Waals surface area contributed by atoms with Crippen LogP contribution in [0.4, 0.5) is 13.2 Å². The van der Waals surface area contributed by atoms with Gasteiger partial charge in [0.1, 0.15) is 0 Å². The van der Waals surface area contributed by atoms with Gasteiger partial charge in [-0.05, 0) is 31.4 Å². The highest BCUT2D eigenvalue weighted by molar-refractivity contribution is 7.89. The van der Waals surface area contributed by atoms with E-state index in [0.717, 1.165) is 5.56 Å². The van der Waals surface area contributed by atoms with Crippen molar-refractivity contribution in [3.8, 4) is 0 Å². The molecule has 24 heavy (non-hydrogen) atoms. The molecule has 1 aromatic carbocycles.